The molecule has 6 nitrogen and oxygen atoms in total. The van der Waals surface area contributed by atoms with Crippen LogP contribution in [0.4, 0.5) is 5.69 Å². The quantitative estimate of drug-likeness (QED) is 0.422. The lowest BCUT2D eigenvalue weighted by atomic mass is 10.2. The Morgan fingerprint density at radius 1 is 1.17 bits per heavy atom. The van der Waals surface area contributed by atoms with Crippen molar-refractivity contribution in [3.63, 3.8) is 0 Å². The molecule has 0 saturated carbocycles. The fourth-order valence-corrected chi connectivity index (χ4v) is 4.20. The van der Waals surface area contributed by atoms with Crippen LogP contribution in [0.25, 0.3) is 6.08 Å². The van der Waals surface area contributed by atoms with E-state index >= 15 is 0 Å². The van der Waals surface area contributed by atoms with Crippen LogP contribution in [0.2, 0.25) is 5.02 Å². The van der Waals surface area contributed by atoms with Gasteiger partial charge in [0.1, 0.15) is 0 Å². The molecular formula is C22H23ClN2O4S. The van der Waals surface area contributed by atoms with Crippen molar-refractivity contribution in [2.24, 2.45) is 4.99 Å². The molecule has 8 heteroatoms. The Bertz CT molecular complexity index is 963. The highest BCUT2D eigenvalue weighted by atomic mass is 35.5. The third-order valence-electron chi connectivity index (χ3n) is 4.29. The maximum atomic E-state index is 13.1. The van der Waals surface area contributed by atoms with Gasteiger partial charge in [-0.1, -0.05) is 29.8 Å². The molecule has 0 bridgehead atoms. The van der Waals surface area contributed by atoms with E-state index in [0.717, 1.165) is 11.3 Å². The SMILES string of the molecule is CCOCCN1C(=O)/C(=C/c2cc(Cl)c(OC)c(OC)c2)SC1=Nc1ccccc1. The van der Waals surface area contributed by atoms with Gasteiger partial charge in [0.25, 0.3) is 5.91 Å². The minimum Gasteiger partial charge on any atom is -0.493 e. The Morgan fingerprint density at radius 3 is 2.60 bits per heavy atom. The summed E-state index contributed by atoms with van der Waals surface area (Å²) in [7, 11) is 3.07. The number of rotatable bonds is 8. The van der Waals surface area contributed by atoms with Gasteiger partial charge in [0, 0.05) is 6.61 Å². The second kappa shape index (κ2) is 10.5. The van der Waals surface area contributed by atoms with E-state index in [4.69, 9.17) is 25.8 Å². The van der Waals surface area contributed by atoms with Gasteiger partial charge in [-0.2, -0.15) is 0 Å². The molecule has 0 aliphatic carbocycles. The molecule has 1 heterocycles. The Kier molecular flexibility index (Phi) is 7.79. The largest absolute Gasteiger partial charge is 0.493 e. The van der Waals surface area contributed by atoms with Crippen LogP contribution >= 0.6 is 23.4 Å². The van der Waals surface area contributed by atoms with Crippen molar-refractivity contribution >= 4 is 46.2 Å². The number of thioether (sulfide) groups is 1. The first kappa shape index (κ1) is 22.2. The Hall–Kier alpha value is -2.48. The zero-order valence-electron chi connectivity index (χ0n) is 17.1. The molecule has 1 fully saturated rings. The number of carbonyl (C=O) groups excluding carboxylic acids is 1. The van der Waals surface area contributed by atoms with Crippen molar-refractivity contribution in [2.45, 2.75) is 6.92 Å². The van der Waals surface area contributed by atoms with Crippen molar-refractivity contribution < 1.29 is 19.0 Å². The standard InChI is InChI=1S/C22H23ClN2O4S/c1-4-29-11-10-25-21(26)19(30-22(25)24-16-8-6-5-7-9-16)14-15-12-17(23)20(28-3)18(13-15)27-2/h5-9,12-14H,4,10-11H2,1-3H3/b19-14-,24-22?. The Balaban J connectivity index is 1.94. The molecule has 2 aromatic carbocycles. The van der Waals surface area contributed by atoms with Crippen molar-refractivity contribution in [2.75, 3.05) is 34.0 Å². The van der Waals surface area contributed by atoms with E-state index in [0.29, 0.717) is 46.4 Å². The molecule has 0 unspecified atom stereocenters. The number of methoxy groups -OCH3 is 2. The summed E-state index contributed by atoms with van der Waals surface area (Å²) in [6.45, 7) is 3.38. The normalized spacial score (nSPS) is 16.5. The molecule has 1 aliphatic heterocycles. The summed E-state index contributed by atoms with van der Waals surface area (Å²) in [6.07, 6.45) is 1.78. The zero-order chi connectivity index (χ0) is 21.5. The third-order valence-corrected chi connectivity index (χ3v) is 5.57. The van der Waals surface area contributed by atoms with Crippen LogP contribution in [-0.4, -0.2) is 50.0 Å². The number of amidine groups is 1. The molecule has 158 valence electrons. The van der Waals surface area contributed by atoms with Crippen LogP contribution in [0.3, 0.4) is 0 Å². The second-order valence-corrected chi connectivity index (χ2v) is 7.65. The number of nitrogens with zero attached hydrogens (tertiary/aromatic N) is 2. The molecule has 2 aromatic rings. The summed E-state index contributed by atoms with van der Waals surface area (Å²) in [5.74, 6) is 0.829. The summed E-state index contributed by atoms with van der Waals surface area (Å²) >= 11 is 7.63. The van der Waals surface area contributed by atoms with Gasteiger partial charge in [0.15, 0.2) is 16.7 Å². The molecule has 0 N–H and O–H groups in total. The highest BCUT2D eigenvalue weighted by molar-refractivity contribution is 8.18. The van der Waals surface area contributed by atoms with Gasteiger partial charge >= 0.3 is 0 Å². The lowest BCUT2D eigenvalue weighted by molar-refractivity contribution is -0.122. The summed E-state index contributed by atoms with van der Waals surface area (Å²) in [4.78, 5) is 19.9. The van der Waals surface area contributed by atoms with Crippen LogP contribution in [0.5, 0.6) is 11.5 Å². The zero-order valence-corrected chi connectivity index (χ0v) is 18.6. The minimum atomic E-state index is -0.125. The number of aliphatic imine (C=N–C) groups is 1. The Labute approximate surface area is 185 Å². The van der Waals surface area contributed by atoms with Crippen molar-refractivity contribution in [1.29, 1.82) is 0 Å². The summed E-state index contributed by atoms with van der Waals surface area (Å²) in [5, 5.41) is 1.02. The van der Waals surface area contributed by atoms with E-state index in [1.807, 2.05) is 37.3 Å². The fourth-order valence-electron chi connectivity index (χ4n) is 2.87. The molecule has 1 amide bonds. The lowest BCUT2D eigenvalue weighted by Crippen LogP contribution is -2.32. The van der Waals surface area contributed by atoms with Crippen molar-refractivity contribution in [3.8, 4) is 11.5 Å². The van der Waals surface area contributed by atoms with Gasteiger partial charge in [0.2, 0.25) is 0 Å². The van der Waals surface area contributed by atoms with E-state index in [9.17, 15) is 4.79 Å². The number of hydrogen-bond acceptors (Lipinski definition) is 6. The number of halogens is 1. The third kappa shape index (κ3) is 5.16. The molecule has 0 atom stereocenters. The molecule has 1 aliphatic rings. The predicted octanol–water partition coefficient (Wildman–Crippen LogP) is 5.00. The van der Waals surface area contributed by atoms with Crippen LogP contribution in [0, 0.1) is 0 Å². The van der Waals surface area contributed by atoms with Gasteiger partial charge in [-0.25, -0.2) is 4.99 Å². The van der Waals surface area contributed by atoms with E-state index in [1.165, 1.54) is 18.9 Å². The maximum Gasteiger partial charge on any atom is 0.266 e. The molecule has 0 aromatic heterocycles. The smallest absolute Gasteiger partial charge is 0.266 e. The number of amides is 1. The first-order chi connectivity index (χ1) is 14.6. The first-order valence-electron chi connectivity index (χ1n) is 9.41. The number of hydrogen-bond donors (Lipinski definition) is 0. The summed E-state index contributed by atoms with van der Waals surface area (Å²) in [6, 6.07) is 13.1. The predicted molar refractivity (Wildman–Crippen MR) is 122 cm³/mol. The molecule has 1 saturated heterocycles. The van der Waals surface area contributed by atoms with Gasteiger partial charge in [-0.15, -0.1) is 0 Å². The van der Waals surface area contributed by atoms with Crippen molar-refractivity contribution in [3.05, 3.63) is 58.0 Å². The van der Waals surface area contributed by atoms with Gasteiger partial charge in [0.05, 0.1) is 43.0 Å². The highest BCUT2D eigenvalue weighted by Gasteiger charge is 2.33. The molecule has 30 heavy (non-hydrogen) atoms. The topological polar surface area (TPSA) is 60.4 Å². The monoisotopic (exact) mass is 446 g/mol. The molecule has 0 spiro atoms. The average molecular weight is 447 g/mol. The molecule has 3 rings (SSSR count). The van der Waals surface area contributed by atoms with Gasteiger partial charge < -0.3 is 14.2 Å². The summed E-state index contributed by atoms with van der Waals surface area (Å²) < 4.78 is 16.1. The Morgan fingerprint density at radius 2 is 1.93 bits per heavy atom. The number of carbonyl (C=O) groups is 1. The van der Waals surface area contributed by atoms with Gasteiger partial charge in [-0.3, -0.25) is 9.69 Å². The van der Waals surface area contributed by atoms with E-state index < -0.39 is 0 Å². The minimum absolute atomic E-state index is 0.125. The lowest BCUT2D eigenvalue weighted by Gasteiger charge is -2.15. The highest BCUT2D eigenvalue weighted by Crippen LogP contribution is 2.39. The number of para-hydroxylation sites is 1. The number of benzene rings is 2. The van der Waals surface area contributed by atoms with Gasteiger partial charge in [-0.05, 0) is 54.6 Å². The summed E-state index contributed by atoms with van der Waals surface area (Å²) in [5.41, 5.74) is 1.52. The first-order valence-corrected chi connectivity index (χ1v) is 10.6. The van der Waals surface area contributed by atoms with Crippen molar-refractivity contribution in [1.82, 2.24) is 4.90 Å². The maximum absolute atomic E-state index is 13.1. The van der Waals surface area contributed by atoms with E-state index in [2.05, 4.69) is 4.99 Å². The van der Waals surface area contributed by atoms with E-state index in [1.54, 1.807) is 30.2 Å². The average Bonchev–Trinajstić information content (AvgIpc) is 3.03. The number of ether oxygens (including phenoxy) is 3. The fraction of sp³-hybridized carbons (Fsp3) is 0.273. The second-order valence-electron chi connectivity index (χ2n) is 6.23. The van der Waals surface area contributed by atoms with Crippen LogP contribution in [0.1, 0.15) is 12.5 Å². The van der Waals surface area contributed by atoms with E-state index in [-0.39, 0.29) is 5.91 Å². The van der Waals surface area contributed by atoms with Crippen LogP contribution < -0.4 is 9.47 Å². The van der Waals surface area contributed by atoms with Crippen LogP contribution in [0.15, 0.2) is 52.4 Å². The molecule has 0 radical (unpaired) electrons. The van der Waals surface area contributed by atoms with Crippen LogP contribution in [-0.2, 0) is 9.53 Å². The molecular weight excluding hydrogens is 424 g/mol.